The number of carbonyl (C=O) groups is 1. The Bertz CT molecular complexity index is 808. The fourth-order valence-corrected chi connectivity index (χ4v) is 3.94. The summed E-state index contributed by atoms with van der Waals surface area (Å²) in [6, 6.07) is 10.2. The molecule has 0 spiro atoms. The van der Waals surface area contributed by atoms with Gasteiger partial charge in [-0.3, -0.25) is 9.20 Å². The number of imidazole rings is 1. The van der Waals surface area contributed by atoms with E-state index >= 15 is 0 Å². The van der Waals surface area contributed by atoms with Crippen LogP contribution in [-0.2, 0) is 6.42 Å². The maximum Gasteiger partial charge on any atom is 0.271 e. The number of carbonyl (C=O) groups excluding carboxylic acids is 1. The van der Waals surface area contributed by atoms with Gasteiger partial charge in [-0.15, -0.1) is 11.3 Å². The highest BCUT2D eigenvalue weighted by molar-refractivity contribution is 7.15. The fraction of sp³-hybridized carbons (Fsp3) is 0.333. The molecule has 4 rings (SSSR count). The second-order valence-electron chi connectivity index (χ2n) is 6.37. The number of aromatic nitrogens is 2. The Hall–Kier alpha value is -2.18. The van der Waals surface area contributed by atoms with Gasteiger partial charge in [0.15, 0.2) is 4.96 Å². The van der Waals surface area contributed by atoms with Crippen LogP contribution >= 0.6 is 11.3 Å². The van der Waals surface area contributed by atoms with Crippen LogP contribution in [0.3, 0.4) is 0 Å². The summed E-state index contributed by atoms with van der Waals surface area (Å²) in [5.41, 5.74) is 1.63. The van der Waals surface area contributed by atoms with Gasteiger partial charge in [-0.2, -0.15) is 0 Å². The molecule has 5 nitrogen and oxygen atoms in total. The van der Waals surface area contributed by atoms with Crippen LogP contribution in [0.1, 0.15) is 28.9 Å². The number of rotatable bonds is 5. The Morgan fingerprint density at radius 3 is 2.88 bits per heavy atom. The summed E-state index contributed by atoms with van der Waals surface area (Å²) in [5.74, 6) is 0.168. The van der Waals surface area contributed by atoms with Crippen molar-refractivity contribution in [2.75, 3.05) is 0 Å². The zero-order valence-corrected chi connectivity index (χ0v) is 13.9. The molecule has 1 amide bonds. The van der Waals surface area contributed by atoms with Gasteiger partial charge in [0.25, 0.3) is 5.91 Å². The molecule has 0 aliphatic heterocycles. The average Bonchev–Trinajstić information content (AvgIpc) is 3.14. The molecule has 0 saturated heterocycles. The van der Waals surface area contributed by atoms with Crippen molar-refractivity contribution in [1.29, 1.82) is 0 Å². The van der Waals surface area contributed by atoms with Crippen LogP contribution in [0, 0.1) is 5.92 Å². The number of aliphatic hydroxyl groups is 1. The minimum atomic E-state index is -0.233. The molecule has 1 fully saturated rings. The first kappa shape index (κ1) is 15.4. The molecule has 0 bridgehead atoms. The topological polar surface area (TPSA) is 66.6 Å². The number of hydrogen-bond donors (Lipinski definition) is 2. The van der Waals surface area contributed by atoms with Crippen molar-refractivity contribution in [3.05, 3.63) is 59.4 Å². The van der Waals surface area contributed by atoms with Crippen molar-refractivity contribution in [2.24, 2.45) is 5.92 Å². The van der Waals surface area contributed by atoms with Crippen LogP contribution in [0.15, 0.2) is 48.1 Å². The van der Waals surface area contributed by atoms with E-state index in [9.17, 15) is 9.90 Å². The Labute approximate surface area is 144 Å². The van der Waals surface area contributed by atoms with Crippen LogP contribution in [0.2, 0.25) is 0 Å². The summed E-state index contributed by atoms with van der Waals surface area (Å²) in [7, 11) is 0. The molecule has 0 radical (unpaired) electrons. The molecule has 2 aromatic heterocycles. The van der Waals surface area contributed by atoms with Crippen LogP contribution in [0.4, 0.5) is 0 Å². The number of thiazole rings is 1. The van der Waals surface area contributed by atoms with Gasteiger partial charge in [0.2, 0.25) is 0 Å². The third kappa shape index (κ3) is 3.07. The molecule has 24 heavy (non-hydrogen) atoms. The van der Waals surface area contributed by atoms with Crippen LogP contribution in [0.25, 0.3) is 4.96 Å². The molecule has 3 aromatic rings. The zero-order valence-electron chi connectivity index (χ0n) is 13.1. The summed E-state index contributed by atoms with van der Waals surface area (Å²) in [6.45, 7) is 0. The number of nitrogens with one attached hydrogen (secondary N) is 1. The highest BCUT2D eigenvalue weighted by Gasteiger charge is 2.35. The van der Waals surface area contributed by atoms with Gasteiger partial charge in [-0.05, 0) is 30.7 Å². The normalized spacial score (nSPS) is 21.4. The SMILES string of the molecule is O=C(N[C@H](Cc1ccccc1)C1CC(O)C1)c1cn2ccsc2n1. The Balaban J connectivity index is 1.50. The molecule has 6 heteroatoms. The quantitative estimate of drug-likeness (QED) is 0.749. The summed E-state index contributed by atoms with van der Waals surface area (Å²) in [4.78, 5) is 17.8. The van der Waals surface area contributed by atoms with Crippen molar-refractivity contribution >= 4 is 22.2 Å². The molecule has 1 aliphatic carbocycles. The lowest BCUT2D eigenvalue weighted by Gasteiger charge is -2.38. The second-order valence-corrected chi connectivity index (χ2v) is 7.25. The molecular weight excluding hydrogens is 322 g/mol. The lowest BCUT2D eigenvalue weighted by molar-refractivity contribution is 0.0239. The highest BCUT2D eigenvalue weighted by atomic mass is 32.1. The van der Waals surface area contributed by atoms with E-state index in [2.05, 4.69) is 22.4 Å². The third-order valence-corrected chi connectivity index (χ3v) is 5.43. The first-order valence-corrected chi connectivity index (χ1v) is 9.02. The zero-order chi connectivity index (χ0) is 16.5. The molecule has 0 unspecified atom stereocenters. The second kappa shape index (κ2) is 6.37. The number of aliphatic hydroxyl groups excluding tert-OH is 1. The molecule has 1 aromatic carbocycles. The summed E-state index contributed by atoms with van der Waals surface area (Å²) in [5, 5.41) is 14.7. The third-order valence-electron chi connectivity index (χ3n) is 4.66. The van der Waals surface area contributed by atoms with Gasteiger partial charge in [-0.25, -0.2) is 4.98 Å². The minimum absolute atomic E-state index is 0.0167. The Morgan fingerprint density at radius 2 is 2.17 bits per heavy atom. The minimum Gasteiger partial charge on any atom is -0.393 e. The lowest BCUT2D eigenvalue weighted by atomic mass is 9.75. The number of benzene rings is 1. The van der Waals surface area contributed by atoms with Crippen molar-refractivity contribution in [3.8, 4) is 0 Å². The molecule has 2 heterocycles. The maximum atomic E-state index is 12.6. The molecule has 1 aliphatic rings. The number of amides is 1. The summed E-state index contributed by atoms with van der Waals surface area (Å²) < 4.78 is 1.86. The van der Waals surface area contributed by atoms with Crippen LogP contribution < -0.4 is 5.32 Å². The Kier molecular flexibility index (Phi) is 4.08. The van der Waals surface area contributed by atoms with Crippen molar-refractivity contribution in [3.63, 3.8) is 0 Å². The van der Waals surface area contributed by atoms with E-state index in [1.54, 1.807) is 6.20 Å². The first-order valence-electron chi connectivity index (χ1n) is 8.14. The predicted octanol–water partition coefficient (Wildman–Crippen LogP) is 2.51. The molecule has 124 valence electrons. The molecule has 1 saturated carbocycles. The van der Waals surface area contributed by atoms with Crippen LogP contribution in [0.5, 0.6) is 0 Å². The lowest BCUT2D eigenvalue weighted by Crippen LogP contribution is -2.48. The van der Waals surface area contributed by atoms with Crippen molar-refractivity contribution in [1.82, 2.24) is 14.7 Å². The van der Waals surface area contributed by atoms with E-state index in [0.29, 0.717) is 11.6 Å². The summed E-state index contributed by atoms with van der Waals surface area (Å²) >= 11 is 1.51. The van der Waals surface area contributed by atoms with Gasteiger partial charge in [-0.1, -0.05) is 30.3 Å². The summed E-state index contributed by atoms with van der Waals surface area (Å²) in [6.07, 6.45) is 5.69. The fourth-order valence-electron chi connectivity index (χ4n) is 3.24. The van der Waals surface area contributed by atoms with E-state index in [4.69, 9.17) is 0 Å². The van der Waals surface area contributed by atoms with E-state index in [1.807, 2.05) is 34.2 Å². The van der Waals surface area contributed by atoms with Crippen LogP contribution in [-0.4, -0.2) is 32.5 Å². The first-order chi connectivity index (χ1) is 11.7. The van der Waals surface area contributed by atoms with Gasteiger partial charge in [0.1, 0.15) is 5.69 Å². The molecule has 2 N–H and O–H groups in total. The van der Waals surface area contributed by atoms with Gasteiger partial charge < -0.3 is 10.4 Å². The van der Waals surface area contributed by atoms with Crippen molar-refractivity contribution < 1.29 is 9.90 Å². The van der Waals surface area contributed by atoms with E-state index in [1.165, 1.54) is 16.9 Å². The standard InChI is InChI=1S/C18H19N3O2S/c22-14-9-13(10-14)15(8-12-4-2-1-3-5-12)19-17(23)16-11-21-6-7-24-18(21)20-16/h1-7,11,13-15,22H,8-10H2,(H,19,23)/t13?,14?,15-/m1/s1. The number of nitrogens with zero attached hydrogens (tertiary/aromatic N) is 2. The average molecular weight is 341 g/mol. The van der Waals surface area contributed by atoms with E-state index in [0.717, 1.165) is 24.2 Å². The number of fused-ring (bicyclic) bond motifs is 1. The van der Waals surface area contributed by atoms with Gasteiger partial charge in [0.05, 0.1) is 6.10 Å². The Morgan fingerprint density at radius 1 is 1.38 bits per heavy atom. The number of hydrogen-bond acceptors (Lipinski definition) is 4. The largest absolute Gasteiger partial charge is 0.393 e. The van der Waals surface area contributed by atoms with Gasteiger partial charge in [0, 0.05) is 23.8 Å². The monoisotopic (exact) mass is 341 g/mol. The van der Waals surface area contributed by atoms with E-state index in [-0.39, 0.29) is 18.1 Å². The molecule has 1 atom stereocenters. The van der Waals surface area contributed by atoms with Gasteiger partial charge >= 0.3 is 0 Å². The molecular formula is C18H19N3O2S. The predicted molar refractivity (Wildman–Crippen MR) is 93.2 cm³/mol. The highest BCUT2D eigenvalue weighted by Crippen LogP contribution is 2.32. The smallest absolute Gasteiger partial charge is 0.271 e. The van der Waals surface area contributed by atoms with Crippen molar-refractivity contribution in [2.45, 2.75) is 31.4 Å². The maximum absolute atomic E-state index is 12.6. The van der Waals surface area contributed by atoms with E-state index < -0.39 is 0 Å².